The maximum atomic E-state index is 11.7. The molecule has 0 saturated carbocycles. The van der Waals surface area contributed by atoms with Crippen molar-refractivity contribution in [2.45, 2.75) is 13.8 Å². The summed E-state index contributed by atoms with van der Waals surface area (Å²) in [6, 6.07) is 0. The number of rotatable bonds is 0. The van der Waals surface area contributed by atoms with Crippen molar-refractivity contribution in [2.75, 3.05) is 0 Å². The number of hydrogen-bond acceptors (Lipinski definition) is 0. The second-order valence-corrected chi connectivity index (χ2v) is 2.26. The maximum absolute atomic E-state index is 11.7. The Kier molecular flexibility index (Phi) is 2.40. The molecule has 0 nitrogen and oxygen atoms in total. The second-order valence-electron chi connectivity index (χ2n) is 1.07. The van der Waals surface area contributed by atoms with Crippen LogP contribution in [0.25, 0.3) is 0 Å². The van der Waals surface area contributed by atoms with Crippen molar-refractivity contribution in [3.8, 4) is 0 Å². The minimum Gasteiger partial charge on any atom is -0.211 e. The predicted octanol–water partition coefficient (Wildman–Crippen LogP) is 2.60. The summed E-state index contributed by atoms with van der Waals surface area (Å²) >= 11 is 2.94. The summed E-state index contributed by atoms with van der Waals surface area (Å²) < 4.78 is 12.2. The fourth-order valence-electron chi connectivity index (χ4n) is 0. The Labute approximate surface area is 45.2 Å². The van der Waals surface area contributed by atoms with Gasteiger partial charge in [-0.05, 0) is 13.8 Å². The van der Waals surface area contributed by atoms with Gasteiger partial charge in [0.1, 0.15) is 5.83 Å². The predicted molar refractivity (Wildman–Crippen MR) is 28.4 cm³/mol. The van der Waals surface area contributed by atoms with Crippen molar-refractivity contribution >= 4 is 15.9 Å². The molecule has 0 aliphatic heterocycles. The van der Waals surface area contributed by atoms with Crippen LogP contribution in [0.2, 0.25) is 0 Å². The normalized spacial score (nSPS) is 14.0. The summed E-state index contributed by atoms with van der Waals surface area (Å²) in [4.78, 5) is 0. The van der Waals surface area contributed by atoms with Crippen molar-refractivity contribution < 1.29 is 4.39 Å². The van der Waals surface area contributed by atoms with Crippen LogP contribution in [0.1, 0.15) is 13.8 Å². The molecule has 0 saturated heterocycles. The van der Waals surface area contributed by atoms with Gasteiger partial charge >= 0.3 is 0 Å². The van der Waals surface area contributed by atoms with Gasteiger partial charge in [0.15, 0.2) is 0 Å². The van der Waals surface area contributed by atoms with Crippen molar-refractivity contribution in [1.82, 2.24) is 0 Å². The van der Waals surface area contributed by atoms with Crippen molar-refractivity contribution in [2.24, 2.45) is 0 Å². The van der Waals surface area contributed by atoms with Gasteiger partial charge in [-0.1, -0.05) is 15.9 Å². The molecule has 6 heavy (non-hydrogen) atoms. The third-order valence-corrected chi connectivity index (χ3v) is 1.02. The molecule has 0 aromatic heterocycles. The molecule has 2 heteroatoms. The molecule has 0 bridgehead atoms. The lowest BCUT2D eigenvalue weighted by atomic mass is 10.6. The van der Waals surface area contributed by atoms with E-state index in [4.69, 9.17) is 0 Å². The highest BCUT2D eigenvalue weighted by Gasteiger charge is 1.83. The molecule has 0 N–H and O–H groups in total. The van der Waals surface area contributed by atoms with Crippen LogP contribution < -0.4 is 0 Å². The summed E-state index contributed by atoms with van der Waals surface area (Å²) in [5.74, 6) is -0.157. The third kappa shape index (κ3) is 2.39. The largest absolute Gasteiger partial charge is 0.211 e. The molecule has 0 amide bonds. The first-order valence-corrected chi connectivity index (χ1v) is 2.42. The summed E-state index contributed by atoms with van der Waals surface area (Å²) in [6.45, 7) is 3.07. The molecule has 0 aliphatic rings. The van der Waals surface area contributed by atoms with Crippen LogP contribution >= 0.6 is 15.9 Å². The average molecular weight is 153 g/mol. The van der Waals surface area contributed by atoms with Crippen molar-refractivity contribution in [1.29, 1.82) is 0 Å². The van der Waals surface area contributed by atoms with Crippen molar-refractivity contribution in [3.63, 3.8) is 0 Å². The summed E-state index contributed by atoms with van der Waals surface area (Å²) in [7, 11) is 0. The zero-order valence-electron chi connectivity index (χ0n) is 3.76. The van der Waals surface area contributed by atoms with E-state index in [-0.39, 0.29) is 5.83 Å². The Morgan fingerprint density at radius 3 is 1.67 bits per heavy atom. The Balaban J connectivity index is 3.68. The standard InChI is InChI=1S/C4H6BrF/c1-3(5)4(2)6/h1-2H3/b4-3-. The van der Waals surface area contributed by atoms with E-state index >= 15 is 0 Å². The minimum atomic E-state index is -0.157. The Morgan fingerprint density at radius 2 is 1.67 bits per heavy atom. The van der Waals surface area contributed by atoms with Gasteiger partial charge in [0.2, 0.25) is 0 Å². The fourth-order valence-corrected chi connectivity index (χ4v) is 0. The van der Waals surface area contributed by atoms with Gasteiger partial charge in [0, 0.05) is 4.48 Å². The molecule has 0 heterocycles. The molecule has 0 fully saturated rings. The van der Waals surface area contributed by atoms with E-state index in [0.29, 0.717) is 4.48 Å². The Bertz CT molecular complexity index is 57.6. The van der Waals surface area contributed by atoms with Gasteiger partial charge in [0.25, 0.3) is 0 Å². The fraction of sp³-hybridized carbons (Fsp3) is 0.500. The van der Waals surface area contributed by atoms with Crippen LogP contribution in [0, 0.1) is 0 Å². The molecular formula is C4H6BrF. The van der Waals surface area contributed by atoms with E-state index in [1.165, 1.54) is 6.92 Å². The van der Waals surface area contributed by atoms with Crippen LogP contribution in [0.5, 0.6) is 0 Å². The van der Waals surface area contributed by atoms with E-state index in [0.717, 1.165) is 0 Å². The summed E-state index contributed by atoms with van der Waals surface area (Å²) in [6.07, 6.45) is 0. The van der Waals surface area contributed by atoms with E-state index in [9.17, 15) is 4.39 Å². The second kappa shape index (κ2) is 2.35. The van der Waals surface area contributed by atoms with Gasteiger partial charge in [-0.3, -0.25) is 0 Å². The first-order valence-electron chi connectivity index (χ1n) is 1.63. The first-order chi connectivity index (χ1) is 2.64. The van der Waals surface area contributed by atoms with Gasteiger partial charge in [-0.2, -0.15) is 0 Å². The monoisotopic (exact) mass is 152 g/mol. The lowest BCUT2D eigenvalue weighted by molar-refractivity contribution is 0.636. The van der Waals surface area contributed by atoms with Crippen LogP contribution in [0.4, 0.5) is 4.39 Å². The quantitative estimate of drug-likeness (QED) is 0.501. The molecule has 0 aromatic rings. The molecular weight excluding hydrogens is 147 g/mol. The topological polar surface area (TPSA) is 0 Å². The van der Waals surface area contributed by atoms with Gasteiger partial charge in [-0.25, -0.2) is 4.39 Å². The molecule has 36 valence electrons. The van der Waals surface area contributed by atoms with E-state index in [1.54, 1.807) is 6.92 Å². The third-order valence-electron chi connectivity index (χ3n) is 0.475. The Morgan fingerprint density at radius 1 is 1.50 bits per heavy atom. The van der Waals surface area contributed by atoms with Gasteiger partial charge in [0.05, 0.1) is 0 Å². The smallest absolute Gasteiger partial charge is 0.107 e. The van der Waals surface area contributed by atoms with Crippen LogP contribution in [-0.2, 0) is 0 Å². The Hall–Kier alpha value is 0.150. The SMILES string of the molecule is C/C(F)=C(\C)Br. The molecule has 0 spiro atoms. The number of hydrogen-bond donors (Lipinski definition) is 0. The molecule has 0 aliphatic carbocycles. The summed E-state index contributed by atoms with van der Waals surface area (Å²) in [5, 5.41) is 0. The zero-order chi connectivity index (χ0) is 5.15. The van der Waals surface area contributed by atoms with Gasteiger partial charge in [-0.15, -0.1) is 0 Å². The molecule has 0 atom stereocenters. The van der Waals surface area contributed by atoms with Gasteiger partial charge < -0.3 is 0 Å². The maximum Gasteiger partial charge on any atom is 0.107 e. The average Bonchev–Trinajstić information content (AvgIpc) is 1.36. The highest BCUT2D eigenvalue weighted by Crippen LogP contribution is 2.09. The van der Waals surface area contributed by atoms with Crippen LogP contribution in [0.15, 0.2) is 10.3 Å². The highest BCUT2D eigenvalue weighted by molar-refractivity contribution is 9.11. The van der Waals surface area contributed by atoms with Crippen LogP contribution in [0.3, 0.4) is 0 Å². The first kappa shape index (κ1) is 6.15. The van der Waals surface area contributed by atoms with E-state index < -0.39 is 0 Å². The zero-order valence-corrected chi connectivity index (χ0v) is 5.34. The molecule has 0 aromatic carbocycles. The minimum absolute atomic E-state index is 0.157. The highest BCUT2D eigenvalue weighted by atomic mass is 79.9. The summed E-state index contributed by atoms with van der Waals surface area (Å²) in [5.41, 5.74) is 0. The molecule has 0 unspecified atom stereocenters. The van der Waals surface area contributed by atoms with E-state index in [2.05, 4.69) is 15.9 Å². The van der Waals surface area contributed by atoms with E-state index in [1.807, 2.05) is 0 Å². The lowest BCUT2D eigenvalue weighted by Gasteiger charge is -1.80. The van der Waals surface area contributed by atoms with Crippen molar-refractivity contribution in [3.05, 3.63) is 10.3 Å². The lowest BCUT2D eigenvalue weighted by Crippen LogP contribution is -1.59. The molecule has 0 radical (unpaired) electrons. The van der Waals surface area contributed by atoms with Crippen LogP contribution in [-0.4, -0.2) is 0 Å². The molecule has 0 rings (SSSR count). The number of halogens is 2. The number of allylic oxidation sites excluding steroid dienone is 2.